The molecule has 0 saturated carbocycles. The molecular weight excluding hydrogens is 240 g/mol. The van der Waals surface area contributed by atoms with E-state index in [2.05, 4.69) is 10.4 Å². The SMILES string of the molecule is Cc1cc(C)n(CC(=O)N(C)CC2CCCNC2)n1. The predicted octanol–water partition coefficient (Wildman–Crippen LogP) is 0.958. The predicted molar refractivity (Wildman–Crippen MR) is 74.9 cm³/mol. The molecule has 1 aromatic heterocycles. The van der Waals surface area contributed by atoms with Crippen LogP contribution in [0.25, 0.3) is 0 Å². The molecule has 1 N–H and O–H groups in total. The molecule has 0 spiro atoms. The summed E-state index contributed by atoms with van der Waals surface area (Å²) in [5, 5.41) is 7.72. The van der Waals surface area contributed by atoms with Gasteiger partial charge in [-0.2, -0.15) is 5.10 Å². The van der Waals surface area contributed by atoms with Gasteiger partial charge in [-0.3, -0.25) is 9.48 Å². The maximum atomic E-state index is 12.2. The summed E-state index contributed by atoms with van der Waals surface area (Å²) in [6.07, 6.45) is 2.43. The topological polar surface area (TPSA) is 50.2 Å². The molecule has 2 heterocycles. The Morgan fingerprint density at radius 1 is 1.58 bits per heavy atom. The van der Waals surface area contributed by atoms with Crippen LogP contribution in [0.15, 0.2) is 6.07 Å². The second-order valence-electron chi connectivity index (χ2n) is 5.57. The van der Waals surface area contributed by atoms with Crippen LogP contribution in [0.4, 0.5) is 0 Å². The van der Waals surface area contributed by atoms with E-state index in [1.807, 2.05) is 31.9 Å². The Morgan fingerprint density at radius 2 is 2.37 bits per heavy atom. The van der Waals surface area contributed by atoms with Gasteiger partial charge in [0.25, 0.3) is 0 Å². The van der Waals surface area contributed by atoms with Gasteiger partial charge in [0.1, 0.15) is 6.54 Å². The molecule has 1 aromatic rings. The van der Waals surface area contributed by atoms with Gasteiger partial charge in [0.2, 0.25) is 5.91 Å². The summed E-state index contributed by atoms with van der Waals surface area (Å²) in [6.45, 7) is 7.25. The average Bonchev–Trinajstić information content (AvgIpc) is 2.69. The van der Waals surface area contributed by atoms with E-state index < -0.39 is 0 Å². The van der Waals surface area contributed by atoms with Crippen LogP contribution in [-0.2, 0) is 11.3 Å². The highest BCUT2D eigenvalue weighted by atomic mass is 16.2. The summed E-state index contributed by atoms with van der Waals surface area (Å²) in [6, 6.07) is 2.00. The Labute approximate surface area is 115 Å². The number of carbonyl (C=O) groups is 1. The van der Waals surface area contributed by atoms with Crippen LogP contribution in [0.2, 0.25) is 0 Å². The number of likely N-dealkylation sites (N-methyl/N-ethyl adjacent to an activating group) is 1. The Hall–Kier alpha value is -1.36. The summed E-state index contributed by atoms with van der Waals surface area (Å²) in [4.78, 5) is 14.0. The van der Waals surface area contributed by atoms with Crippen LogP contribution in [-0.4, -0.2) is 47.3 Å². The Bertz CT molecular complexity index is 435. The second kappa shape index (κ2) is 6.19. The summed E-state index contributed by atoms with van der Waals surface area (Å²) in [7, 11) is 1.89. The van der Waals surface area contributed by atoms with E-state index in [1.54, 1.807) is 4.68 Å². The van der Waals surface area contributed by atoms with E-state index in [9.17, 15) is 4.79 Å². The van der Waals surface area contributed by atoms with Gasteiger partial charge in [-0.25, -0.2) is 0 Å². The molecule has 5 nitrogen and oxygen atoms in total. The van der Waals surface area contributed by atoms with Crippen molar-refractivity contribution >= 4 is 5.91 Å². The molecule has 1 aliphatic rings. The average molecular weight is 264 g/mol. The number of aryl methyl sites for hydroxylation is 2. The first-order chi connectivity index (χ1) is 9.06. The van der Waals surface area contributed by atoms with Crippen molar-refractivity contribution < 1.29 is 4.79 Å². The minimum absolute atomic E-state index is 0.136. The van der Waals surface area contributed by atoms with Gasteiger partial charge >= 0.3 is 0 Å². The number of aromatic nitrogens is 2. The summed E-state index contributed by atoms with van der Waals surface area (Å²) in [5.74, 6) is 0.722. The number of amides is 1. The molecule has 0 bridgehead atoms. The monoisotopic (exact) mass is 264 g/mol. The highest BCUT2D eigenvalue weighted by Gasteiger charge is 2.18. The van der Waals surface area contributed by atoms with Crippen molar-refractivity contribution in [1.29, 1.82) is 0 Å². The molecule has 1 fully saturated rings. The molecule has 0 aromatic carbocycles. The zero-order chi connectivity index (χ0) is 13.8. The lowest BCUT2D eigenvalue weighted by molar-refractivity contribution is -0.131. The van der Waals surface area contributed by atoms with E-state index in [4.69, 9.17) is 0 Å². The number of nitrogens with one attached hydrogen (secondary N) is 1. The molecule has 1 amide bonds. The summed E-state index contributed by atoms with van der Waals surface area (Å²) < 4.78 is 1.79. The van der Waals surface area contributed by atoms with Gasteiger partial charge in [0.05, 0.1) is 5.69 Å². The summed E-state index contributed by atoms with van der Waals surface area (Å²) >= 11 is 0. The van der Waals surface area contributed by atoms with E-state index >= 15 is 0 Å². The Balaban J connectivity index is 1.86. The Morgan fingerprint density at radius 3 is 2.95 bits per heavy atom. The van der Waals surface area contributed by atoms with E-state index in [-0.39, 0.29) is 5.91 Å². The van der Waals surface area contributed by atoms with Crippen molar-refractivity contribution in [3.63, 3.8) is 0 Å². The van der Waals surface area contributed by atoms with E-state index in [0.29, 0.717) is 12.5 Å². The fourth-order valence-corrected chi connectivity index (χ4v) is 2.65. The molecule has 1 atom stereocenters. The number of carbonyl (C=O) groups excluding carboxylic acids is 1. The first-order valence-electron chi connectivity index (χ1n) is 7.02. The second-order valence-corrected chi connectivity index (χ2v) is 5.57. The molecule has 5 heteroatoms. The molecule has 19 heavy (non-hydrogen) atoms. The minimum Gasteiger partial charge on any atom is -0.344 e. The van der Waals surface area contributed by atoms with Crippen molar-refractivity contribution in [3.8, 4) is 0 Å². The first kappa shape index (κ1) is 14.1. The van der Waals surface area contributed by atoms with Gasteiger partial charge in [0, 0.05) is 19.3 Å². The van der Waals surface area contributed by atoms with Gasteiger partial charge in [-0.1, -0.05) is 0 Å². The molecule has 106 valence electrons. The minimum atomic E-state index is 0.136. The molecular formula is C14H24N4O. The van der Waals surface area contributed by atoms with Gasteiger partial charge in [0.15, 0.2) is 0 Å². The van der Waals surface area contributed by atoms with Crippen LogP contribution in [0.1, 0.15) is 24.2 Å². The maximum absolute atomic E-state index is 12.2. The smallest absolute Gasteiger partial charge is 0.244 e. The van der Waals surface area contributed by atoms with Gasteiger partial charge in [-0.15, -0.1) is 0 Å². The standard InChI is InChI=1S/C14H24N4O/c1-11-7-12(2)18(16-11)10-14(19)17(3)9-13-5-4-6-15-8-13/h7,13,15H,4-6,8-10H2,1-3H3. The van der Waals surface area contributed by atoms with Crippen molar-refractivity contribution in [2.45, 2.75) is 33.2 Å². The zero-order valence-corrected chi connectivity index (χ0v) is 12.1. The lowest BCUT2D eigenvalue weighted by Gasteiger charge is -2.27. The fourth-order valence-electron chi connectivity index (χ4n) is 2.65. The van der Waals surface area contributed by atoms with Crippen LogP contribution < -0.4 is 5.32 Å². The van der Waals surface area contributed by atoms with Gasteiger partial charge in [-0.05, 0) is 51.8 Å². The van der Waals surface area contributed by atoms with Crippen LogP contribution in [0.3, 0.4) is 0 Å². The number of piperidine rings is 1. The number of nitrogens with zero attached hydrogens (tertiary/aromatic N) is 3. The van der Waals surface area contributed by atoms with Crippen LogP contribution >= 0.6 is 0 Å². The number of hydrogen-bond donors (Lipinski definition) is 1. The summed E-state index contributed by atoms with van der Waals surface area (Å²) in [5.41, 5.74) is 2.00. The van der Waals surface area contributed by atoms with Crippen molar-refractivity contribution in [3.05, 3.63) is 17.5 Å². The largest absolute Gasteiger partial charge is 0.344 e. The molecule has 1 unspecified atom stereocenters. The third-order valence-electron chi connectivity index (χ3n) is 3.75. The number of rotatable bonds is 4. The van der Waals surface area contributed by atoms with Gasteiger partial charge < -0.3 is 10.2 Å². The third kappa shape index (κ3) is 3.80. The first-order valence-corrected chi connectivity index (χ1v) is 7.02. The fraction of sp³-hybridized carbons (Fsp3) is 0.714. The third-order valence-corrected chi connectivity index (χ3v) is 3.75. The van der Waals surface area contributed by atoms with E-state index in [1.165, 1.54) is 12.8 Å². The van der Waals surface area contributed by atoms with Crippen molar-refractivity contribution in [2.75, 3.05) is 26.7 Å². The Kier molecular flexibility index (Phi) is 4.58. The van der Waals surface area contributed by atoms with Crippen molar-refractivity contribution in [1.82, 2.24) is 20.0 Å². The molecule has 0 aliphatic carbocycles. The normalized spacial score (nSPS) is 19.4. The highest BCUT2D eigenvalue weighted by molar-refractivity contribution is 5.75. The lowest BCUT2D eigenvalue weighted by atomic mass is 9.99. The number of hydrogen-bond acceptors (Lipinski definition) is 3. The highest BCUT2D eigenvalue weighted by Crippen LogP contribution is 2.11. The zero-order valence-electron chi connectivity index (χ0n) is 12.1. The lowest BCUT2D eigenvalue weighted by Crippen LogP contribution is -2.40. The van der Waals surface area contributed by atoms with E-state index in [0.717, 1.165) is 31.0 Å². The molecule has 1 saturated heterocycles. The quantitative estimate of drug-likeness (QED) is 0.881. The molecule has 2 rings (SSSR count). The van der Waals surface area contributed by atoms with Crippen molar-refractivity contribution in [2.24, 2.45) is 5.92 Å². The van der Waals surface area contributed by atoms with Crippen LogP contribution in [0, 0.1) is 19.8 Å². The molecule has 0 radical (unpaired) electrons. The maximum Gasteiger partial charge on any atom is 0.244 e. The molecule has 1 aliphatic heterocycles. The van der Waals surface area contributed by atoms with Crippen LogP contribution in [0.5, 0.6) is 0 Å².